The second kappa shape index (κ2) is 7.71. The van der Waals surface area contributed by atoms with E-state index >= 15 is 0 Å². The number of carbonyl (C=O) groups is 3. The minimum absolute atomic E-state index is 0.0720. The molecule has 0 fully saturated rings. The highest BCUT2D eigenvalue weighted by Crippen LogP contribution is 2.34. The van der Waals surface area contributed by atoms with E-state index in [2.05, 4.69) is 9.88 Å². The highest BCUT2D eigenvalue weighted by Gasteiger charge is 2.27. The van der Waals surface area contributed by atoms with Crippen molar-refractivity contribution in [2.24, 2.45) is 0 Å². The number of carboxylic acid groups (broad SMARTS) is 2. The number of aryl methyl sites for hydroxylation is 1. The zero-order chi connectivity index (χ0) is 19.6. The second-order valence-corrected chi connectivity index (χ2v) is 6.36. The van der Waals surface area contributed by atoms with E-state index in [1.165, 1.54) is 17.3 Å². The van der Waals surface area contributed by atoms with Crippen LogP contribution in [0.15, 0.2) is 24.3 Å². The molecule has 27 heavy (non-hydrogen) atoms. The van der Waals surface area contributed by atoms with Crippen molar-refractivity contribution in [1.82, 2.24) is 9.88 Å². The Morgan fingerprint density at radius 1 is 1.07 bits per heavy atom. The summed E-state index contributed by atoms with van der Waals surface area (Å²) in [7, 11) is 0. The summed E-state index contributed by atoms with van der Waals surface area (Å²) in [5.41, 5.74) is 4.06. The van der Waals surface area contributed by atoms with E-state index in [1.54, 1.807) is 6.07 Å². The van der Waals surface area contributed by atoms with Crippen LogP contribution < -0.4 is 5.32 Å². The van der Waals surface area contributed by atoms with Gasteiger partial charge in [0.05, 0.1) is 5.52 Å². The smallest absolute Gasteiger partial charge is 0.328 e. The molecule has 2 aliphatic heterocycles. The standard InChI is InChI=1S/C15H15FN2O.C4H4O4/c16-9-7-11-10-1-4-17-5-2-13(10)18-6-3-14(19)12(8-9)15(11)18;5-3(6)1-2-4(7)8/h7-8,17H,1-6H2;1-2H,(H,5,6)(H,7,8)/b;2-1-. The number of carbonyl (C=O) groups excluding carboxylic acids is 1. The zero-order valence-corrected chi connectivity index (χ0v) is 14.5. The first-order valence-electron chi connectivity index (χ1n) is 8.60. The summed E-state index contributed by atoms with van der Waals surface area (Å²) < 4.78 is 16.0. The molecule has 1 aromatic carbocycles. The van der Waals surface area contributed by atoms with Gasteiger partial charge < -0.3 is 20.1 Å². The lowest BCUT2D eigenvalue weighted by atomic mass is 10.00. The highest BCUT2D eigenvalue weighted by atomic mass is 19.1. The van der Waals surface area contributed by atoms with E-state index in [1.807, 2.05) is 0 Å². The molecular weight excluding hydrogens is 355 g/mol. The molecule has 0 saturated carbocycles. The van der Waals surface area contributed by atoms with Crippen molar-refractivity contribution in [3.63, 3.8) is 0 Å². The van der Waals surface area contributed by atoms with E-state index < -0.39 is 11.9 Å². The van der Waals surface area contributed by atoms with Gasteiger partial charge in [0.15, 0.2) is 5.78 Å². The summed E-state index contributed by atoms with van der Waals surface area (Å²) in [6.07, 6.45) is 3.47. The lowest BCUT2D eigenvalue weighted by Crippen LogP contribution is -2.19. The predicted octanol–water partition coefficient (Wildman–Crippen LogP) is 1.77. The summed E-state index contributed by atoms with van der Waals surface area (Å²) in [6, 6.07) is 3.00. The van der Waals surface area contributed by atoms with Crippen LogP contribution in [0.2, 0.25) is 0 Å². The molecular formula is C19H19FN2O5. The maximum Gasteiger partial charge on any atom is 0.328 e. The van der Waals surface area contributed by atoms with Crippen LogP contribution in [-0.4, -0.2) is 45.6 Å². The van der Waals surface area contributed by atoms with Crippen molar-refractivity contribution in [1.29, 1.82) is 0 Å². The van der Waals surface area contributed by atoms with Crippen LogP contribution in [-0.2, 0) is 29.0 Å². The third-order valence-electron chi connectivity index (χ3n) is 4.67. The van der Waals surface area contributed by atoms with Gasteiger partial charge in [-0.3, -0.25) is 4.79 Å². The zero-order valence-electron chi connectivity index (χ0n) is 14.5. The van der Waals surface area contributed by atoms with Crippen molar-refractivity contribution >= 4 is 28.6 Å². The van der Waals surface area contributed by atoms with Crippen molar-refractivity contribution in [2.75, 3.05) is 13.1 Å². The van der Waals surface area contributed by atoms with Gasteiger partial charge in [-0.15, -0.1) is 0 Å². The van der Waals surface area contributed by atoms with E-state index in [0.29, 0.717) is 24.1 Å². The number of Topliss-reactive ketones (excluding diaryl/α,β-unsaturated/α-hetero) is 1. The first kappa shape index (κ1) is 18.8. The molecule has 3 N–H and O–H groups in total. The van der Waals surface area contributed by atoms with Gasteiger partial charge in [0.1, 0.15) is 5.82 Å². The Labute approximate surface area is 154 Å². The molecule has 0 radical (unpaired) electrons. The molecule has 0 saturated heterocycles. The van der Waals surface area contributed by atoms with E-state index in [-0.39, 0.29) is 11.6 Å². The second-order valence-electron chi connectivity index (χ2n) is 6.36. The highest BCUT2D eigenvalue weighted by molar-refractivity contribution is 6.09. The number of rotatable bonds is 2. The maximum absolute atomic E-state index is 13.8. The van der Waals surface area contributed by atoms with Gasteiger partial charge in [0, 0.05) is 54.7 Å². The van der Waals surface area contributed by atoms with Crippen LogP contribution in [0.5, 0.6) is 0 Å². The Bertz CT molecular complexity index is 945. The number of hydrogen-bond acceptors (Lipinski definition) is 4. The maximum atomic E-state index is 13.8. The quantitative estimate of drug-likeness (QED) is 0.692. The Morgan fingerprint density at radius 2 is 1.74 bits per heavy atom. The Morgan fingerprint density at radius 3 is 2.41 bits per heavy atom. The fourth-order valence-corrected chi connectivity index (χ4v) is 3.63. The van der Waals surface area contributed by atoms with Crippen LogP contribution in [0.3, 0.4) is 0 Å². The lowest BCUT2D eigenvalue weighted by Gasteiger charge is -2.17. The molecule has 7 nitrogen and oxygen atoms in total. The molecule has 8 heteroatoms. The van der Waals surface area contributed by atoms with Gasteiger partial charge in [-0.1, -0.05) is 0 Å². The molecule has 0 aliphatic carbocycles. The third kappa shape index (κ3) is 3.90. The number of benzene rings is 1. The van der Waals surface area contributed by atoms with E-state index in [4.69, 9.17) is 10.2 Å². The van der Waals surface area contributed by atoms with Gasteiger partial charge in [-0.2, -0.15) is 0 Å². The summed E-state index contributed by atoms with van der Waals surface area (Å²) in [5, 5.41) is 19.9. The first-order chi connectivity index (χ1) is 12.9. The molecule has 3 heterocycles. The van der Waals surface area contributed by atoms with Crippen LogP contribution in [0.1, 0.15) is 28.0 Å². The van der Waals surface area contributed by atoms with Crippen LogP contribution in [0.25, 0.3) is 10.9 Å². The summed E-state index contributed by atoms with van der Waals surface area (Å²) in [4.78, 5) is 31.1. The monoisotopic (exact) mass is 374 g/mol. The first-order valence-corrected chi connectivity index (χ1v) is 8.60. The van der Waals surface area contributed by atoms with Crippen molar-refractivity contribution in [3.05, 3.63) is 46.9 Å². The summed E-state index contributed by atoms with van der Waals surface area (Å²) in [6.45, 7) is 2.62. The third-order valence-corrected chi connectivity index (χ3v) is 4.67. The number of fused-ring (bicyclic) bond motifs is 3. The molecule has 4 rings (SSSR count). The molecule has 0 bridgehead atoms. The van der Waals surface area contributed by atoms with Crippen molar-refractivity contribution in [3.8, 4) is 0 Å². The number of aliphatic carboxylic acids is 2. The van der Waals surface area contributed by atoms with E-state index in [9.17, 15) is 18.8 Å². The van der Waals surface area contributed by atoms with Crippen LogP contribution in [0, 0.1) is 5.82 Å². The number of halogens is 1. The lowest BCUT2D eigenvalue weighted by molar-refractivity contribution is -0.134. The van der Waals surface area contributed by atoms with Gasteiger partial charge in [-0.05, 0) is 30.7 Å². The topological polar surface area (TPSA) is 109 Å². The fraction of sp³-hybridized carbons (Fsp3) is 0.316. The predicted molar refractivity (Wildman–Crippen MR) is 95.5 cm³/mol. The van der Waals surface area contributed by atoms with Gasteiger partial charge >= 0.3 is 11.9 Å². The van der Waals surface area contributed by atoms with Crippen LogP contribution >= 0.6 is 0 Å². The average molecular weight is 374 g/mol. The van der Waals surface area contributed by atoms with Crippen LogP contribution in [0.4, 0.5) is 4.39 Å². The van der Waals surface area contributed by atoms with Gasteiger partial charge in [0.2, 0.25) is 0 Å². The molecule has 0 unspecified atom stereocenters. The molecule has 1 aromatic heterocycles. The number of hydrogen-bond donors (Lipinski definition) is 3. The molecule has 142 valence electrons. The van der Waals surface area contributed by atoms with Gasteiger partial charge in [0.25, 0.3) is 0 Å². The normalized spacial score (nSPS) is 15.8. The Kier molecular flexibility index (Phi) is 5.36. The number of nitrogens with one attached hydrogen (secondary N) is 1. The number of nitrogens with zero attached hydrogens (tertiary/aromatic N) is 1. The van der Waals surface area contributed by atoms with Gasteiger partial charge in [-0.25, -0.2) is 14.0 Å². The average Bonchev–Trinajstić information content (AvgIpc) is 2.77. The number of ketones is 1. The molecule has 2 aromatic rings. The molecule has 0 atom stereocenters. The Hall–Kier alpha value is -3.00. The summed E-state index contributed by atoms with van der Waals surface area (Å²) in [5.74, 6) is -2.74. The minimum Gasteiger partial charge on any atom is -0.478 e. The molecule has 0 spiro atoms. The van der Waals surface area contributed by atoms with Crippen molar-refractivity contribution < 1.29 is 29.0 Å². The molecule has 0 amide bonds. The number of carboxylic acids is 2. The fourth-order valence-electron chi connectivity index (χ4n) is 3.63. The van der Waals surface area contributed by atoms with Crippen molar-refractivity contribution in [2.45, 2.75) is 25.8 Å². The molecule has 2 aliphatic rings. The Balaban J connectivity index is 0.000000226. The largest absolute Gasteiger partial charge is 0.478 e. The summed E-state index contributed by atoms with van der Waals surface area (Å²) >= 11 is 0. The number of aromatic nitrogens is 1. The SMILES string of the molecule is O=C(O)/C=C\C(=O)O.O=C1CCn2c3c(c4cc(F)cc1c42)CCNCC3. The van der Waals surface area contributed by atoms with E-state index in [0.717, 1.165) is 43.4 Å². The minimum atomic E-state index is -1.26.